The standard InChI is InChI=1S/C19H23N3O3/c1-14-7-9-15(10-8-14)11-21-19(24)22-13-18(23)20-12-16-5-3-4-6-17(16)25-2/h3-10H,11-13H2,1-2H3,(H,20,23)(H2,21,22,24). The second-order valence-corrected chi connectivity index (χ2v) is 5.61. The molecule has 132 valence electrons. The minimum atomic E-state index is -0.381. The molecule has 3 amide bonds. The van der Waals surface area contributed by atoms with Gasteiger partial charge >= 0.3 is 6.03 Å². The lowest BCUT2D eigenvalue weighted by Crippen LogP contribution is -2.41. The molecule has 6 heteroatoms. The number of amides is 3. The molecule has 0 atom stereocenters. The van der Waals surface area contributed by atoms with Gasteiger partial charge in [-0.15, -0.1) is 0 Å². The Hall–Kier alpha value is -3.02. The van der Waals surface area contributed by atoms with E-state index >= 15 is 0 Å². The van der Waals surface area contributed by atoms with Crippen molar-refractivity contribution in [2.75, 3.05) is 13.7 Å². The fraction of sp³-hybridized carbons (Fsp3) is 0.263. The molecule has 0 saturated heterocycles. The third-order valence-corrected chi connectivity index (χ3v) is 3.65. The van der Waals surface area contributed by atoms with Crippen LogP contribution in [0.15, 0.2) is 48.5 Å². The number of ether oxygens (including phenoxy) is 1. The lowest BCUT2D eigenvalue weighted by Gasteiger charge is -2.10. The molecule has 0 aliphatic heterocycles. The van der Waals surface area contributed by atoms with Crippen molar-refractivity contribution in [2.24, 2.45) is 0 Å². The number of para-hydroxylation sites is 1. The summed E-state index contributed by atoms with van der Waals surface area (Å²) in [6, 6.07) is 14.9. The quantitative estimate of drug-likeness (QED) is 0.722. The fourth-order valence-corrected chi connectivity index (χ4v) is 2.22. The first-order chi connectivity index (χ1) is 12.1. The average molecular weight is 341 g/mol. The minimum absolute atomic E-state index is 0.0884. The first-order valence-corrected chi connectivity index (χ1v) is 8.04. The van der Waals surface area contributed by atoms with Crippen LogP contribution >= 0.6 is 0 Å². The van der Waals surface area contributed by atoms with E-state index in [1.165, 1.54) is 5.56 Å². The van der Waals surface area contributed by atoms with E-state index in [4.69, 9.17) is 4.74 Å². The molecule has 0 unspecified atom stereocenters. The zero-order valence-corrected chi connectivity index (χ0v) is 14.5. The monoisotopic (exact) mass is 341 g/mol. The molecule has 0 spiro atoms. The number of methoxy groups -OCH3 is 1. The van der Waals surface area contributed by atoms with E-state index in [1.807, 2.05) is 55.5 Å². The smallest absolute Gasteiger partial charge is 0.315 e. The summed E-state index contributed by atoms with van der Waals surface area (Å²) in [5.41, 5.74) is 3.04. The summed E-state index contributed by atoms with van der Waals surface area (Å²) in [5.74, 6) is 0.447. The highest BCUT2D eigenvalue weighted by molar-refractivity contribution is 5.83. The second kappa shape index (κ2) is 9.32. The van der Waals surface area contributed by atoms with E-state index < -0.39 is 0 Å². The van der Waals surface area contributed by atoms with E-state index in [9.17, 15) is 9.59 Å². The first-order valence-electron chi connectivity index (χ1n) is 8.04. The molecule has 2 aromatic carbocycles. The van der Waals surface area contributed by atoms with Crippen LogP contribution in [-0.2, 0) is 17.9 Å². The molecule has 2 aromatic rings. The van der Waals surface area contributed by atoms with E-state index in [2.05, 4.69) is 16.0 Å². The molecule has 0 aliphatic rings. The van der Waals surface area contributed by atoms with E-state index in [0.29, 0.717) is 18.8 Å². The molecule has 0 saturated carbocycles. The van der Waals surface area contributed by atoms with Gasteiger partial charge in [0.1, 0.15) is 5.75 Å². The molecule has 2 rings (SSSR count). The molecular formula is C19H23N3O3. The van der Waals surface area contributed by atoms with Crippen molar-refractivity contribution in [3.05, 3.63) is 65.2 Å². The number of aryl methyl sites for hydroxylation is 1. The van der Waals surface area contributed by atoms with Crippen molar-refractivity contribution in [1.82, 2.24) is 16.0 Å². The Morgan fingerprint density at radius 2 is 1.64 bits per heavy atom. The van der Waals surface area contributed by atoms with Gasteiger partial charge in [-0.05, 0) is 18.6 Å². The summed E-state index contributed by atoms with van der Waals surface area (Å²) < 4.78 is 5.23. The number of rotatable bonds is 7. The first kappa shape index (κ1) is 18.3. The van der Waals surface area contributed by atoms with Gasteiger partial charge in [0.15, 0.2) is 0 Å². The van der Waals surface area contributed by atoms with E-state index in [0.717, 1.165) is 11.1 Å². The molecule has 25 heavy (non-hydrogen) atoms. The number of hydrogen-bond acceptors (Lipinski definition) is 3. The van der Waals surface area contributed by atoms with Gasteiger partial charge in [0.25, 0.3) is 0 Å². The van der Waals surface area contributed by atoms with Crippen LogP contribution in [0, 0.1) is 6.92 Å². The van der Waals surface area contributed by atoms with E-state index in [-0.39, 0.29) is 18.5 Å². The van der Waals surface area contributed by atoms with Gasteiger partial charge in [0.05, 0.1) is 13.7 Å². The maximum atomic E-state index is 11.8. The Morgan fingerprint density at radius 3 is 2.36 bits per heavy atom. The molecule has 0 aliphatic carbocycles. The van der Waals surface area contributed by atoms with Crippen LogP contribution in [0.5, 0.6) is 5.75 Å². The van der Waals surface area contributed by atoms with Crippen LogP contribution in [0.2, 0.25) is 0 Å². The Kier molecular flexibility index (Phi) is 6.83. The van der Waals surface area contributed by atoms with Crippen LogP contribution in [0.25, 0.3) is 0 Å². The normalized spacial score (nSPS) is 10.0. The SMILES string of the molecule is COc1ccccc1CNC(=O)CNC(=O)NCc1ccc(C)cc1. The van der Waals surface area contributed by atoms with E-state index in [1.54, 1.807) is 7.11 Å². The average Bonchev–Trinajstić information content (AvgIpc) is 2.64. The topological polar surface area (TPSA) is 79.5 Å². The van der Waals surface area contributed by atoms with Crippen molar-refractivity contribution in [1.29, 1.82) is 0 Å². The summed E-state index contributed by atoms with van der Waals surface area (Å²) in [5, 5.41) is 8.00. The van der Waals surface area contributed by atoms with Gasteiger partial charge < -0.3 is 20.7 Å². The molecule has 0 bridgehead atoms. The molecule has 0 fully saturated rings. The van der Waals surface area contributed by atoms with Crippen molar-refractivity contribution in [3.8, 4) is 5.75 Å². The molecule has 0 radical (unpaired) electrons. The highest BCUT2D eigenvalue weighted by Crippen LogP contribution is 2.16. The van der Waals surface area contributed by atoms with Crippen LogP contribution in [0.3, 0.4) is 0 Å². The predicted octanol–water partition coefficient (Wildman–Crippen LogP) is 2.12. The lowest BCUT2D eigenvalue weighted by molar-refractivity contribution is -0.120. The number of benzene rings is 2. The second-order valence-electron chi connectivity index (χ2n) is 5.61. The van der Waals surface area contributed by atoms with Crippen LogP contribution in [0.4, 0.5) is 4.79 Å². The zero-order chi connectivity index (χ0) is 18.1. The largest absolute Gasteiger partial charge is 0.496 e. The molecular weight excluding hydrogens is 318 g/mol. The van der Waals surface area contributed by atoms with Crippen LogP contribution in [-0.4, -0.2) is 25.6 Å². The molecule has 0 aromatic heterocycles. The Morgan fingerprint density at radius 1 is 0.920 bits per heavy atom. The number of carbonyl (C=O) groups is 2. The summed E-state index contributed by atoms with van der Waals surface area (Å²) in [7, 11) is 1.58. The Labute approximate surface area is 147 Å². The number of hydrogen-bond donors (Lipinski definition) is 3. The zero-order valence-electron chi connectivity index (χ0n) is 14.5. The van der Waals surface area contributed by atoms with Crippen LogP contribution < -0.4 is 20.7 Å². The van der Waals surface area contributed by atoms with Gasteiger partial charge in [-0.2, -0.15) is 0 Å². The third-order valence-electron chi connectivity index (χ3n) is 3.65. The number of urea groups is 1. The Bertz CT molecular complexity index is 714. The third kappa shape index (κ3) is 6.18. The van der Waals surface area contributed by atoms with Crippen molar-refractivity contribution in [3.63, 3.8) is 0 Å². The van der Waals surface area contributed by atoms with Gasteiger partial charge in [-0.1, -0.05) is 48.0 Å². The maximum absolute atomic E-state index is 11.8. The maximum Gasteiger partial charge on any atom is 0.315 e. The number of nitrogens with one attached hydrogen (secondary N) is 3. The lowest BCUT2D eigenvalue weighted by atomic mass is 10.1. The van der Waals surface area contributed by atoms with Crippen molar-refractivity contribution < 1.29 is 14.3 Å². The molecule has 3 N–H and O–H groups in total. The summed E-state index contributed by atoms with van der Waals surface area (Å²) in [4.78, 5) is 23.6. The number of carbonyl (C=O) groups excluding carboxylic acids is 2. The minimum Gasteiger partial charge on any atom is -0.496 e. The highest BCUT2D eigenvalue weighted by atomic mass is 16.5. The predicted molar refractivity (Wildman–Crippen MR) is 96.3 cm³/mol. The van der Waals surface area contributed by atoms with Gasteiger partial charge in [-0.25, -0.2) is 4.79 Å². The summed E-state index contributed by atoms with van der Waals surface area (Å²) in [6.45, 7) is 2.67. The van der Waals surface area contributed by atoms with Gasteiger partial charge in [-0.3, -0.25) is 4.79 Å². The molecule has 6 nitrogen and oxygen atoms in total. The molecule has 0 heterocycles. The summed E-state index contributed by atoms with van der Waals surface area (Å²) in [6.07, 6.45) is 0. The fourth-order valence-electron chi connectivity index (χ4n) is 2.22. The highest BCUT2D eigenvalue weighted by Gasteiger charge is 2.07. The summed E-state index contributed by atoms with van der Waals surface area (Å²) >= 11 is 0. The van der Waals surface area contributed by atoms with Gasteiger partial charge in [0.2, 0.25) is 5.91 Å². The van der Waals surface area contributed by atoms with Crippen LogP contribution in [0.1, 0.15) is 16.7 Å². The Balaban J connectivity index is 1.68. The van der Waals surface area contributed by atoms with Crippen molar-refractivity contribution in [2.45, 2.75) is 20.0 Å². The van der Waals surface area contributed by atoms with Crippen molar-refractivity contribution >= 4 is 11.9 Å². The van der Waals surface area contributed by atoms with Gasteiger partial charge in [0, 0.05) is 18.7 Å².